The minimum atomic E-state index is -0.832. The molecular weight excluding hydrogens is 282 g/mol. The van der Waals surface area contributed by atoms with E-state index in [2.05, 4.69) is 0 Å². The Morgan fingerprint density at radius 1 is 1.27 bits per heavy atom. The zero-order valence-electron chi connectivity index (χ0n) is 12.7. The van der Waals surface area contributed by atoms with Gasteiger partial charge in [-0.1, -0.05) is 19.1 Å². The minimum Gasteiger partial charge on any atom is -0.492 e. The van der Waals surface area contributed by atoms with Gasteiger partial charge in [-0.25, -0.2) is 0 Å². The number of carboxylic acids is 1. The summed E-state index contributed by atoms with van der Waals surface area (Å²) >= 11 is 0. The van der Waals surface area contributed by atoms with Crippen LogP contribution < -0.4 is 4.74 Å². The van der Waals surface area contributed by atoms with Gasteiger partial charge in [0.25, 0.3) is 5.91 Å². The number of ether oxygens (including phenoxy) is 1. The number of nitrogens with zero attached hydrogens (tertiary/aromatic N) is 1. The summed E-state index contributed by atoms with van der Waals surface area (Å²) in [6.45, 7) is 3.28. The molecule has 2 atom stereocenters. The summed E-state index contributed by atoms with van der Waals surface area (Å²) in [5.41, 5.74) is 0.529. The summed E-state index contributed by atoms with van der Waals surface area (Å²) < 4.78 is 5.78. The first-order valence-electron chi connectivity index (χ1n) is 7.80. The number of aliphatic carboxylic acids is 1. The lowest BCUT2D eigenvalue weighted by molar-refractivity contribution is -0.142. The van der Waals surface area contributed by atoms with Crippen molar-refractivity contribution in [2.75, 3.05) is 19.7 Å². The second-order valence-electron chi connectivity index (χ2n) is 6.38. The lowest BCUT2D eigenvalue weighted by atomic mass is 9.99. The summed E-state index contributed by atoms with van der Waals surface area (Å²) in [4.78, 5) is 25.5. The van der Waals surface area contributed by atoms with E-state index in [-0.39, 0.29) is 18.4 Å². The maximum atomic E-state index is 12.7. The quantitative estimate of drug-likeness (QED) is 0.906. The van der Waals surface area contributed by atoms with Crippen molar-refractivity contribution in [3.05, 3.63) is 29.8 Å². The van der Waals surface area contributed by atoms with Crippen LogP contribution in [0, 0.1) is 17.8 Å². The third-order valence-corrected chi connectivity index (χ3v) is 4.51. The van der Waals surface area contributed by atoms with Crippen LogP contribution in [-0.2, 0) is 4.79 Å². The van der Waals surface area contributed by atoms with Crippen LogP contribution in [-0.4, -0.2) is 41.6 Å². The molecule has 3 rings (SSSR count). The van der Waals surface area contributed by atoms with Crippen molar-refractivity contribution < 1.29 is 19.4 Å². The van der Waals surface area contributed by atoms with Gasteiger partial charge >= 0.3 is 5.97 Å². The standard InChI is InChI=1S/C17H21NO4/c1-11-8-18(9-14(11)17(20)21)16(19)13-4-2-3-5-15(13)22-10-12-6-7-12/h2-5,11-12,14H,6-10H2,1H3,(H,20,21)/t11-,14-/m1/s1. The molecule has 1 N–H and O–H groups in total. The number of hydrogen-bond acceptors (Lipinski definition) is 3. The predicted molar refractivity (Wildman–Crippen MR) is 80.9 cm³/mol. The summed E-state index contributed by atoms with van der Waals surface area (Å²) in [5.74, 6) is -0.259. The number of carboxylic acid groups (broad SMARTS) is 1. The SMILES string of the molecule is C[C@@H]1CN(C(=O)c2ccccc2OCC2CC2)C[C@H]1C(=O)O. The fraction of sp³-hybridized carbons (Fsp3) is 0.529. The number of amides is 1. The van der Waals surface area contributed by atoms with Crippen molar-refractivity contribution in [3.63, 3.8) is 0 Å². The smallest absolute Gasteiger partial charge is 0.308 e. The van der Waals surface area contributed by atoms with E-state index in [0.29, 0.717) is 30.4 Å². The zero-order valence-corrected chi connectivity index (χ0v) is 12.7. The second-order valence-corrected chi connectivity index (χ2v) is 6.38. The van der Waals surface area contributed by atoms with Crippen molar-refractivity contribution in [2.45, 2.75) is 19.8 Å². The Morgan fingerprint density at radius 3 is 2.64 bits per heavy atom. The van der Waals surface area contributed by atoms with Crippen molar-refractivity contribution in [2.24, 2.45) is 17.8 Å². The molecule has 1 heterocycles. The summed E-state index contributed by atoms with van der Waals surface area (Å²) in [6.07, 6.45) is 2.39. The molecule has 1 saturated carbocycles. The van der Waals surface area contributed by atoms with Crippen LogP contribution in [0.1, 0.15) is 30.1 Å². The summed E-state index contributed by atoms with van der Waals surface area (Å²) in [6, 6.07) is 7.23. The molecule has 0 unspecified atom stereocenters. The van der Waals surface area contributed by atoms with E-state index >= 15 is 0 Å². The molecule has 1 amide bonds. The van der Waals surface area contributed by atoms with E-state index in [1.165, 1.54) is 12.8 Å². The average molecular weight is 303 g/mol. The maximum absolute atomic E-state index is 12.7. The molecule has 5 nitrogen and oxygen atoms in total. The lowest BCUT2D eigenvalue weighted by Gasteiger charge is -2.18. The fourth-order valence-electron chi connectivity index (χ4n) is 2.89. The Kier molecular flexibility index (Phi) is 4.05. The molecule has 22 heavy (non-hydrogen) atoms. The van der Waals surface area contributed by atoms with E-state index in [4.69, 9.17) is 4.74 Å². The molecule has 118 valence electrons. The van der Waals surface area contributed by atoms with E-state index in [0.717, 1.165) is 0 Å². The van der Waals surface area contributed by atoms with Crippen LogP contribution in [0.5, 0.6) is 5.75 Å². The first-order chi connectivity index (χ1) is 10.6. The summed E-state index contributed by atoms with van der Waals surface area (Å²) in [5, 5.41) is 9.20. The van der Waals surface area contributed by atoms with Gasteiger partial charge in [-0.15, -0.1) is 0 Å². The lowest BCUT2D eigenvalue weighted by Crippen LogP contribution is -2.30. The van der Waals surface area contributed by atoms with Crippen LogP contribution in [0.15, 0.2) is 24.3 Å². The molecule has 5 heteroatoms. The molecule has 1 aliphatic carbocycles. The van der Waals surface area contributed by atoms with Gasteiger partial charge in [0.2, 0.25) is 0 Å². The van der Waals surface area contributed by atoms with Gasteiger partial charge < -0.3 is 14.7 Å². The highest BCUT2D eigenvalue weighted by Crippen LogP contribution is 2.31. The maximum Gasteiger partial charge on any atom is 0.308 e. The Morgan fingerprint density at radius 2 is 2.00 bits per heavy atom. The highest BCUT2D eigenvalue weighted by molar-refractivity contribution is 5.97. The highest BCUT2D eigenvalue weighted by Gasteiger charge is 2.37. The molecule has 0 bridgehead atoms. The number of likely N-dealkylation sites (tertiary alicyclic amines) is 1. The topological polar surface area (TPSA) is 66.8 Å². The molecule has 1 aromatic rings. The third-order valence-electron chi connectivity index (χ3n) is 4.51. The van der Waals surface area contributed by atoms with E-state index in [9.17, 15) is 14.7 Å². The molecule has 2 aliphatic rings. The molecule has 0 spiro atoms. The van der Waals surface area contributed by atoms with Gasteiger partial charge in [-0.05, 0) is 36.8 Å². The van der Waals surface area contributed by atoms with Gasteiger partial charge in [0.15, 0.2) is 0 Å². The van der Waals surface area contributed by atoms with Gasteiger partial charge in [-0.2, -0.15) is 0 Å². The van der Waals surface area contributed by atoms with Crippen LogP contribution in [0.2, 0.25) is 0 Å². The van der Waals surface area contributed by atoms with E-state index in [1.807, 2.05) is 25.1 Å². The molecule has 1 saturated heterocycles. The minimum absolute atomic E-state index is 0.0269. The predicted octanol–water partition coefficient (Wildman–Crippen LogP) is 2.27. The molecule has 0 radical (unpaired) electrons. The molecule has 1 aromatic carbocycles. The normalized spacial score (nSPS) is 24.3. The van der Waals surface area contributed by atoms with Crippen molar-refractivity contribution >= 4 is 11.9 Å². The number of rotatable bonds is 5. The number of benzene rings is 1. The zero-order chi connectivity index (χ0) is 15.7. The largest absolute Gasteiger partial charge is 0.492 e. The Labute approximate surface area is 129 Å². The van der Waals surface area contributed by atoms with Gasteiger partial charge in [0.1, 0.15) is 5.75 Å². The Bertz CT molecular complexity index is 582. The number of carbonyl (C=O) groups is 2. The number of hydrogen-bond donors (Lipinski definition) is 1. The Balaban J connectivity index is 1.73. The first-order valence-corrected chi connectivity index (χ1v) is 7.80. The van der Waals surface area contributed by atoms with Crippen molar-refractivity contribution in [1.82, 2.24) is 4.90 Å². The molecule has 1 aliphatic heterocycles. The monoisotopic (exact) mass is 303 g/mol. The van der Waals surface area contributed by atoms with E-state index < -0.39 is 11.9 Å². The van der Waals surface area contributed by atoms with Crippen LogP contribution >= 0.6 is 0 Å². The fourth-order valence-corrected chi connectivity index (χ4v) is 2.89. The van der Waals surface area contributed by atoms with Gasteiger partial charge in [0, 0.05) is 13.1 Å². The molecule has 0 aromatic heterocycles. The summed E-state index contributed by atoms with van der Waals surface area (Å²) in [7, 11) is 0. The van der Waals surface area contributed by atoms with Crippen molar-refractivity contribution in [1.29, 1.82) is 0 Å². The van der Waals surface area contributed by atoms with Crippen molar-refractivity contribution in [3.8, 4) is 5.75 Å². The van der Waals surface area contributed by atoms with Gasteiger partial charge in [-0.3, -0.25) is 9.59 Å². The molecule has 2 fully saturated rings. The third kappa shape index (κ3) is 3.08. The molecular formula is C17H21NO4. The van der Waals surface area contributed by atoms with E-state index in [1.54, 1.807) is 11.0 Å². The van der Waals surface area contributed by atoms with Gasteiger partial charge in [0.05, 0.1) is 18.1 Å². The van der Waals surface area contributed by atoms with Crippen LogP contribution in [0.25, 0.3) is 0 Å². The highest BCUT2D eigenvalue weighted by atomic mass is 16.5. The number of carbonyl (C=O) groups excluding carboxylic acids is 1. The second kappa shape index (κ2) is 5.99. The Hall–Kier alpha value is -2.04. The van der Waals surface area contributed by atoms with Crippen LogP contribution in [0.4, 0.5) is 0 Å². The average Bonchev–Trinajstić information content (AvgIpc) is 3.25. The number of para-hydroxylation sites is 1. The van der Waals surface area contributed by atoms with Crippen LogP contribution in [0.3, 0.4) is 0 Å². The first kappa shape index (κ1) is 14.9.